The summed E-state index contributed by atoms with van der Waals surface area (Å²) in [5.41, 5.74) is 8.27. The second kappa shape index (κ2) is 9.62. The van der Waals surface area contributed by atoms with Crippen LogP contribution in [-0.2, 0) is 14.8 Å². The number of rotatable bonds is 5. The van der Waals surface area contributed by atoms with Crippen molar-refractivity contribution in [1.29, 1.82) is 0 Å². The molecule has 2 aromatic rings. The van der Waals surface area contributed by atoms with Crippen molar-refractivity contribution in [3.05, 3.63) is 70.8 Å². The lowest BCUT2D eigenvalue weighted by molar-refractivity contribution is -0.274. The number of benzene rings is 2. The minimum Gasteiger partial charge on any atom is -0.406 e. The highest BCUT2D eigenvalue weighted by atomic mass is 32.2. The molecule has 0 aromatic heterocycles. The van der Waals surface area contributed by atoms with Gasteiger partial charge in [0.25, 0.3) is 0 Å². The molecule has 3 heterocycles. The SMILES string of the molecule is NC1CC(N2CC3=C(C2)CN(S(=O)(=O)c2ccc(OC(F)(F)F)cc2)C3)COC1c1cc(F)ccc1F. The number of hydrogen-bond acceptors (Lipinski definition) is 6. The lowest BCUT2D eigenvalue weighted by atomic mass is 9.93. The maximum absolute atomic E-state index is 14.2. The summed E-state index contributed by atoms with van der Waals surface area (Å²) >= 11 is 0. The Morgan fingerprint density at radius 3 is 2.22 bits per heavy atom. The molecule has 3 atom stereocenters. The number of alkyl halides is 3. The molecule has 2 N–H and O–H groups in total. The van der Waals surface area contributed by atoms with Crippen LogP contribution in [0, 0.1) is 11.6 Å². The van der Waals surface area contributed by atoms with E-state index in [4.69, 9.17) is 10.5 Å². The van der Waals surface area contributed by atoms with Gasteiger partial charge in [-0.15, -0.1) is 13.2 Å². The van der Waals surface area contributed by atoms with Crippen LogP contribution >= 0.6 is 0 Å². The van der Waals surface area contributed by atoms with Crippen LogP contribution in [-0.4, -0.2) is 68.9 Å². The first kappa shape index (κ1) is 26.0. The van der Waals surface area contributed by atoms with Crippen LogP contribution in [0.1, 0.15) is 18.1 Å². The molecular weight excluding hydrogens is 521 g/mol. The summed E-state index contributed by atoms with van der Waals surface area (Å²) in [6, 6.07) is 6.67. The first-order valence-corrected chi connectivity index (χ1v) is 13.0. The van der Waals surface area contributed by atoms with Crippen molar-refractivity contribution < 1.29 is 39.8 Å². The Balaban J connectivity index is 1.18. The van der Waals surface area contributed by atoms with Crippen LogP contribution in [0.15, 0.2) is 58.5 Å². The number of nitrogens with zero attached hydrogens (tertiary/aromatic N) is 2. The molecule has 2 aromatic carbocycles. The van der Waals surface area contributed by atoms with E-state index in [1.165, 1.54) is 4.31 Å². The first-order chi connectivity index (χ1) is 17.4. The summed E-state index contributed by atoms with van der Waals surface area (Å²) in [6.07, 6.45) is -5.13. The third kappa shape index (κ3) is 5.36. The van der Waals surface area contributed by atoms with Gasteiger partial charge in [-0.25, -0.2) is 17.2 Å². The monoisotopic (exact) mass is 545 g/mol. The van der Waals surface area contributed by atoms with Crippen molar-refractivity contribution >= 4 is 10.0 Å². The summed E-state index contributed by atoms with van der Waals surface area (Å²) in [4.78, 5) is 2.01. The van der Waals surface area contributed by atoms with Crippen molar-refractivity contribution in [3.8, 4) is 5.75 Å². The largest absolute Gasteiger partial charge is 0.573 e. The number of nitrogens with two attached hydrogens (primary N) is 1. The summed E-state index contributed by atoms with van der Waals surface area (Å²) in [6.45, 7) is 1.64. The van der Waals surface area contributed by atoms with E-state index in [9.17, 15) is 30.4 Å². The van der Waals surface area contributed by atoms with Crippen LogP contribution < -0.4 is 10.5 Å². The molecule has 0 radical (unpaired) electrons. The molecule has 7 nitrogen and oxygen atoms in total. The Bertz CT molecular complexity index is 1300. The smallest absolute Gasteiger partial charge is 0.406 e. The molecule has 3 unspecified atom stereocenters. The molecule has 0 spiro atoms. The minimum atomic E-state index is -4.87. The van der Waals surface area contributed by atoms with Gasteiger partial charge in [0.15, 0.2) is 0 Å². The molecule has 3 aliphatic rings. The van der Waals surface area contributed by atoms with Crippen molar-refractivity contribution in [2.75, 3.05) is 32.8 Å². The average molecular weight is 546 g/mol. The van der Waals surface area contributed by atoms with Gasteiger partial charge < -0.3 is 15.2 Å². The molecule has 1 fully saturated rings. The van der Waals surface area contributed by atoms with Crippen molar-refractivity contribution in [2.24, 2.45) is 5.73 Å². The second-order valence-electron chi connectivity index (χ2n) is 9.38. The minimum absolute atomic E-state index is 0.0697. The Kier molecular flexibility index (Phi) is 6.77. The first-order valence-electron chi connectivity index (χ1n) is 11.5. The maximum Gasteiger partial charge on any atom is 0.573 e. The van der Waals surface area contributed by atoms with Crippen LogP contribution in [0.4, 0.5) is 22.0 Å². The van der Waals surface area contributed by atoms with E-state index in [0.29, 0.717) is 19.5 Å². The number of sulfonamides is 1. The fourth-order valence-corrected chi connectivity index (χ4v) is 6.55. The molecule has 13 heteroatoms. The van der Waals surface area contributed by atoms with Crippen LogP contribution in [0.3, 0.4) is 0 Å². The topological polar surface area (TPSA) is 85.1 Å². The van der Waals surface area contributed by atoms with E-state index in [1.54, 1.807) is 0 Å². The molecule has 0 bridgehead atoms. The highest BCUT2D eigenvalue weighted by molar-refractivity contribution is 7.89. The lowest BCUT2D eigenvalue weighted by Gasteiger charge is -2.39. The van der Waals surface area contributed by atoms with E-state index in [1.807, 2.05) is 0 Å². The lowest BCUT2D eigenvalue weighted by Crippen LogP contribution is -2.49. The summed E-state index contributed by atoms with van der Waals surface area (Å²) in [5.74, 6) is -1.65. The van der Waals surface area contributed by atoms with E-state index < -0.39 is 45.9 Å². The van der Waals surface area contributed by atoms with Crippen LogP contribution in [0.2, 0.25) is 0 Å². The van der Waals surface area contributed by atoms with E-state index >= 15 is 0 Å². The Labute approximate surface area is 210 Å². The highest BCUT2D eigenvalue weighted by Gasteiger charge is 2.41. The van der Waals surface area contributed by atoms with Gasteiger partial charge in [-0.05, 0) is 60.0 Å². The zero-order valence-electron chi connectivity index (χ0n) is 19.4. The quantitative estimate of drug-likeness (QED) is 0.459. The third-order valence-corrected chi connectivity index (χ3v) is 8.71. The van der Waals surface area contributed by atoms with E-state index in [0.717, 1.165) is 53.6 Å². The van der Waals surface area contributed by atoms with Crippen molar-refractivity contribution in [3.63, 3.8) is 0 Å². The molecule has 200 valence electrons. The fraction of sp³-hybridized carbons (Fsp3) is 0.417. The summed E-state index contributed by atoms with van der Waals surface area (Å²) in [5, 5.41) is 0. The molecule has 37 heavy (non-hydrogen) atoms. The van der Waals surface area contributed by atoms with Gasteiger partial charge in [-0.1, -0.05) is 0 Å². The number of halogens is 5. The maximum atomic E-state index is 14.2. The molecule has 3 aliphatic heterocycles. The highest BCUT2D eigenvalue weighted by Crippen LogP contribution is 2.36. The normalized spacial score (nSPS) is 25.5. The van der Waals surface area contributed by atoms with E-state index in [2.05, 4.69) is 9.64 Å². The van der Waals surface area contributed by atoms with Crippen LogP contribution in [0.25, 0.3) is 0 Å². The Morgan fingerprint density at radius 1 is 0.973 bits per heavy atom. The van der Waals surface area contributed by atoms with Gasteiger partial charge >= 0.3 is 6.36 Å². The van der Waals surface area contributed by atoms with Crippen molar-refractivity contribution in [1.82, 2.24) is 9.21 Å². The van der Waals surface area contributed by atoms with Crippen molar-refractivity contribution in [2.45, 2.75) is 35.9 Å². The number of ether oxygens (including phenoxy) is 2. The van der Waals surface area contributed by atoms with Gasteiger partial charge in [0, 0.05) is 43.8 Å². The zero-order chi connectivity index (χ0) is 26.5. The predicted molar refractivity (Wildman–Crippen MR) is 122 cm³/mol. The van der Waals surface area contributed by atoms with Gasteiger partial charge in [-0.3, -0.25) is 4.90 Å². The molecule has 0 amide bonds. The summed E-state index contributed by atoms with van der Waals surface area (Å²) < 4.78 is 102. The zero-order valence-corrected chi connectivity index (χ0v) is 20.2. The van der Waals surface area contributed by atoms with Gasteiger partial charge in [0.05, 0.1) is 11.5 Å². The molecular formula is C24H24F5N3O4S. The molecule has 1 saturated heterocycles. The van der Waals surface area contributed by atoms with Gasteiger partial charge in [0.2, 0.25) is 10.0 Å². The Hall–Kier alpha value is -2.58. The molecule has 0 saturated carbocycles. The Morgan fingerprint density at radius 2 is 1.62 bits per heavy atom. The summed E-state index contributed by atoms with van der Waals surface area (Å²) in [7, 11) is -3.91. The van der Waals surface area contributed by atoms with E-state index in [-0.39, 0.29) is 36.2 Å². The molecule has 0 aliphatic carbocycles. The molecule has 5 rings (SSSR count). The third-order valence-electron chi connectivity index (χ3n) is 6.90. The second-order valence-corrected chi connectivity index (χ2v) is 11.3. The fourth-order valence-electron chi connectivity index (χ4n) is 5.12. The van der Waals surface area contributed by atoms with Crippen LogP contribution in [0.5, 0.6) is 5.75 Å². The number of hydrogen-bond donors (Lipinski definition) is 1. The van der Waals surface area contributed by atoms with Gasteiger partial charge in [0.1, 0.15) is 23.5 Å². The standard InChI is InChI=1S/C24H24F5N3O4S/c25-16-1-6-21(26)20(7-16)23-22(30)8-17(13-35-23)31-9-14-11-32(12-15(14)10-31)37(33,34)19-4-2-18(3-5-19)36-24(27,28)29/h1-7,17,22-23H,8-13,30H2. The average Bonchev–Trinajstić information content (AvgIpc) is 3.40. The van der Waals surface area contributed by atoms with Gasteiger partial charge in [-0.2, -0.15) is 4.31 Å². The predicted octanol–water partition coefficient (Wildman–Crippen LogP) is 3.34.